The maximum atomic E-state index is 6.22. The van der Waals surface area contributed by atoms with E-state index in [-0.39, 0.29) is 0 Å². The van der Waals surface area contributed by atoms with Crippen LogP contribution in [0.2, 0.25) is 5.02 Å². The Labute approximate surface area is 103 Å². The SMILES string of the molecule is CCn1nc(C)c(Cl)c1Cc1cnc(N)s1. The fourth-order valence-corrected chi connectivity index (χ4v) is 2.50. The molecule has 0 unspecified atom stereocenters. The number of anilines is 1. The second kappa shape index (κ2) is 4.43. The zero-order valence-corrected chi connectivity index (χ0v) is 10.8. The molecule has 86 valence electrons. The minimum Gasteiger partial charge on any atom is -0.375 e. The lowest BCUT2D eigenvalue weighted by atomic mass is 10.2. The van der Waals surface area contributed by atoms with Crippen LogP contribution in [0.3, 0.4) is 0 Å². The highest BCUT2D eigenvalue weighted by Gasteiger charge is 2.13. The zero-order chi connectivity index (χ0) is 11.7. The van der Waals surface area contributed by atoms with Gasteiger partial charge in [-0.25, -0.2) is 4.98 Å². The molecule has 0 aromatic carbocycles. The number of aryl methyl sites for hydroxylation is 2. The van der Waals surface area contributed by atoms with Crippen LogP contribution >= 0.6 is 22.9 Å². The highest BCUT2D eigenvalue weighted by Crippen LogP contribution is 2.25. The zero-order valence-electron chi connectivity index (χ0n) is 9.20. The summed E-state index contributed by atoms with van der Waals surface area (Å²) < 4.78 is 1.92. The number of nitrogens with zero attached hydrogens (tertiary/aromatic N) is 3. The average Bonchev–Trinajstić information content (AvgIpc) is 2.77. The fraction of sp³-hybridized carbons (Fsp3) is 0.400. The van der Waals surface area contributed by atoms with Crippen molar-refractivity contribution in [3.63, 3.8) is 0 Å². The predicted octanol–water partition coefficient (Wildman–Crippen LogP) is 2.49. The molecule has 0 saturated heterocycles. The Morgan fingerprint density at radius 3 is 2.88 bits per heavy atom. The molecule has 0 amide bonds. The van der Waals surface area contributed by atoms with Gasteiger partial charge in [-0.05, 0) is 13.8 Å². The Morgan fingerprint density at radius 2 is 2.31 bits per heavy atom. The van der Waals surface area contributed by atoms with Gasteiger partial charge in [0.15, 0.2) is 5.13 Å². The molecule has 0 radical (unpaired) electrons. The van der Waals surface area contributed by atoms with Crippen molar-refractivity contribution in [2.45, 2.75) is 26.8 Å². The van der Waals surface area contributed by atoms with Gasteiger partial charge in [0.05, 0.1) is 16.4 Å². The lowest BCUT2D eigenvalue weighted by Crippen LogP contribution is -2.02. The second-order valence-corrected chi connectivity index (χ2v) is 5.03. The van der Waals surface area contributed by atoms with Crippen LogP contribution in [0.15, 0.2) is 6.20 Å². The molecule has 0 bridgehead atoms. The van der Waals surface area contributed by atoms with Crippen molar-refractivity contribution in [3.05, 3.63) is 27.5 Å². The van der Waals surface area contributed by atoms with E-state index < -0.39 is 0 Å². The summed E-state index contributed by atoms with van der Waals surface area (Å²) in [7, 11) is 0. The summed E-state index contributed by atoms with van der Waals surface area (Å²) in [5.41, 5.74) is 7.50. The standard InChI is InChI=1S/C10H13ClN4S/c1-3-15-8(9(11)6(2)14-15)4-7-5-13-10(12)16-7/h5H,3-4H2,1-2H3,(H2,12,13). The van der Waals surface area contributed by atoms with E-state index in [2.05, 4.69) is 10.1 Å². The van der Waals surface area contributed by atoms with Gasteiger partial charge >= 0.3 is 0 Å². The van der Waals surface area contributed by atoms with Crippen LogP contribution in [-0.2, 0) is 13.0 Å². The Balaban J connectivity index is 2.33. The minimum atomic E-state index is 0.588. The molecule has 2 rings (SSSR count). The smallest absolute Gasteiger partial charge is 0.180 e. The highest BCUT2D eigenvalue weighted by molar-refractivity contribution is 7.15. The van der Waals surface area contributed by atoms with E-state index in [1.54, 1.807) is 6.20 Å². The summed E-state index contributed by atoms with van der Waals surface area (Å²) in [6.45, 7) is 4.78. The molecule has 0 aliphatic rings. The second-order valence-electron chi connectivity index (χ2n) is 3.50. The first kappa shape index (κ1) is 11.4. The normalized spacial score (nSPS) is 10.9. The van der Waals surface area contributed by atoms with Crippen LogP contribution in [0.5, 0.6) is 0 Å². The first-order valence-corrected chi connectivity index (χ1v) is 6.23. The van der Waals surface area contributed by atoms with Crippen molar-refractivity contribution in [3.8, 4) is 0 Å². The molecule has 16 heavy (non-hydrogen) atoms. The van der Waals surface area contributed by atoms with Gasteiger partial charge in [0.2, 0.25) is 0 Å². The number of hydrogen-bond donors (Lipinski definition) is 1. The Hall–Kier alpha value is -1.07. The van der Waals surface area contributed by atoms with Crippen molar-refractivity contribution in [2.24, 2.45) is 0 Å². The van der Waals surface area contributed by atoms with E-state index in [1.165, 1.54) is 11.3 Å². The van der Waals surface area contributed by atoms with Crippen molar-refractivity contribution in [2.75, 3.05) is 5.73 Å². The van der Waals surface area contributed by atoms with Gasteiger partial charge in [-0.15, -0.1) is 11.3 Å². The average molecular weight is 257 g/mol. The van der Waals surface area contributed by atoms with Crippen LogP contribution < -0.4 is 5.73 Å². The van der Waals surface area contributed by atoms with Crippen molar-refractivity contribution < 1.29 is 0 Å². The van der Waals surface area contributed by atoms with Crippen LogP contribution in [0, 0.1) is 6.92 Å². The Kier molecular flexibility index (Phi) is 3.16. The molecule has 6 heteroatoms. The number of hydrogen-bond acceptors (Lipinski definition) is 4. The summed E-state index contributed by atoms with van der Waals surface area (Å²) in [5.74, 6) is 0. The lowest BCUT2D eigenvalue weighted by Gasteiger charge is -2.02. The topological polar surface area (TPSA) is 56.7 Å². The van der Waals surface area contributed by atoms with Crippen LogP contribution in [0.1, 0.15) is 23.2 Å². The summed E-state index contributed by atoms with van der Waals surface area (Å²) in [4.78, 5) is 5.13. The summed E-state index contributed by atoms with van der Waals surface area (Å²) in [6.07, 6.45) is 2.53. The molecule has 0 aliphatic heterocycles. The molecular weight excluding hydrogens is 244 g/mol. The molecule has 4 nitrogen and oxygen atoms in total. The van der Waals surface area contributed by atoms with Gasteiger partial charge in [-0.1, -0.05) is 11.6 Å². The molecule has 2 aromatic heterocycles. The van der Waals surface area contributed by atoms with Gasteiger partial charge in [0.25, 0.3) is 0 Å². The van der Waals surface area contributed by atoms with E-state index in [0.29, 0.717) is 5.13 Å². The minimum absolute atomic E-state index is 0.588. The van der Waals surface area contributed by atoms with Crippen molar-refractivity contribution in [1.82, 2.24) is 14.8 Å². The molecule has 2 aromatic rings. The van der Waals surface area contributed by atoms with Gasteiger partial charge in [0, 0.05) is 24.0 Å². The van der Waals surface area contributed by atoms with Gasteiger partial charge in [-0.2, -0.15) is 5.10 Å². The van der Waals surface area contributed by atoms with E-state index in [1.807, 2.05) is 18.5 Å². The largest absolute Gasteiger partial charge is 0.375 e. The maximum Gasteiger partial charge on any atom is 0.180 e. The van der Waals surface area contributed by atoms with Gasteiger partial charge < -0.3 is 5.73 Å². The van der Waals surface area contributed by atoms with E-state index in [0.717, 1.165) is 34.3 Å². The highest BCUT2D eigenvalue weighted by atomic mass is 35.5. The number of aromatic nitrogens is 3. The summed E-state index contributed by atoms with van der Waals surface area (Å²) in [5, 5.41) is 5.70. The van der Waals surface area contributed by atoms with Crippen LogP contribution in [0.25, 0.3) is 0 Å². The molecule has 2 N–H and O–H groups in total. The Morgan fingerprint density at radius 1 is 1.56 bits per heavy atom. The molecule has 0 aliphatic carbocycles. The first-order valence-electron chi connectivity index (χ1n) is 5.03. The number of nitrogens with two attached hydrogens (primary N) is 1. The Bertz CT molecular complexity index is 503. The number of halogens is 1. The number of rotatable bonds is 3. The van der Waals surface area contributed by atoms with Gasteiger partial charge in [-0.3, -0.25) is 4.68 Å². The number of thiazole rings is 1. The summed E-state index contributed by atoms with van der Waals surface area (Å²) in [6, 6.07) is 0. The third kappa shape index (κ3) is 2.05. The lowest BCUT2D eigenvalue weighted by molar-refractivity contribution is 0.626. The van der Waals surface area contributed by atoms with E-state index >= 15 is 0 Å². The van der Waals surface area contributed by atoms with Crippen molar-refractivity contribution >= 4 is 28.1 Å². The molecular formula is C10H13ClN4S. The van der Waals surface area contributed by atoms with Crippen LogP contribution in [-0.4, -0.2) is 14.8 Å². The fourth-order valence-electron chi connectivity index (χ4n) is 1.61. The first-order chi connectivity index (χ1) is 7.61. The molecule has 0 fully saturated rings. The molecule has 0 saturated carbocycles. The molecule has 0 spiro atoms. The maximum absolute atomic E-state index is 6.22. The monoisotopic (exact) mass is 256 g/mol. The quantitative estimate of drug-likeness (QED) is 0.918. The molecule has 2 heterocycles. The predicted molar refractivity (Wildman–Crippen MR) is 67.0 cm³/mol. The van der Waals surface area contributed by atoms with Gasteiger partial charge in [0.1, 0.15) is 0 Å². The van der Waals surface area contributed by atoms with Crippen molar-refractivity contribution in [1.29, 1.82) is 0 Å². The third-order valence-corrected chi connectivity index (χ3v) is 3.68. The van der Waals surface area contributed by atoms with Crippen LogP contribution in [0.4, 0.5) is 5.13 Å². The molecule has 0 atom stereocenters. The summed E-state index contributed by atoms with van der Waals surface area (Å²) >= 11 is 7.71. The third-order valence-electron chi connectivity index (χ3n) is 2.37. The van der Waals surface area contributed by atoms with E-state index in [4.69, 9.17) is 17.3 Å². The van der Waals surface area contributed by atoms with E-state index in [9.17, 15) is 0 Å². The number of nitrogen functional groups attached to an aromatic ring is 1.